The monoisotopic (exact) mass is 366 g/mol. The van der Waals surface area contributed by atoms with Crippen molar-refractivity contribution in [2.24, 2.45) is 10.9 Å². The van der Waals surface area contributed by atoms with Crippen LogP contribution >= 0.6 is 23.2 Å². The lowest BCUT2D eigenvalue weighted by Crippen LogP contribution is -2.15. The van der Waals surface area contributed by atoms with E-state index < -0.39 is 5.97 Å². The highest BCUT2D eigenvalue weighted by molar-refractivity contribution is 6.37. The minimum absolute atomic E-state index is 0.00581. The molecule has 0 aliphatic heterocycles. The predicted molar refractivity (Wildman–Crippen MR) is 94.8 cm³/mol. The van der Waals surface area contributed by atoms with E-state index in [1.165, 1.54) is 19.2 Å². The molecule has 0 atom stereocenters. The molecule has 5 nitrogen and oxygen atoms in total. The molecule has 2 aromatic rings. The fourth-order valence-corrected chi connectivity index (χ4v) is 2.49. The third-order valence-corrected chi connectivity index (χ3v) is 3.84. The van der Waals surface area contributed by atoms with Crippen LogP contribution in [0.3, 0.4) is 0 Å². The molecule has 0 saturated carbocycles. The van der Waals surface area contributed by atoms with Crippen LogP contribution in [0, 0.1) is 0 Å². The second-order valence-corrected chi connectivity index (χ2v) is 5.70. The molecule has 0 radical (unpaired) electrons. The third-order valence-electron chi connectivity index (χ3n) is 3.23. The van der Waals surface area contributed by atoms with E-state index in [0.717, 1.165) is 5.56 Å². The molecular formula is C17H16Cl2N2O3. The largest absolute Gasteiger partial charge is 0.494 e. The first kappa shape index (κ1) is 18.1. The van der Waals surface area contributed by atoms with Crippen LogP contribution in [0.15, 0.2) is 47.6 Å². The van der Waals surface area contributed by atoms with E-state index in [4.69, 9.17) is 38.5 Å². The van der Waals surface area contributed by atoms with E-state index in [-0.39, 0.29) is 27.2 Å². The van der Waals surface area contributed by atoms with Crippen LogP contribution in [0.2, 0.25) is 10.0 Å². The summed E-state index contributed by atoms with van der Waals surface area (Å²) in [6.45, 7) is 0. The molecule has 0 saturated heterocycles. The second kappa shape index (κ2) is 8.57. The lowest BCUT2D eigenvalue weighted by atomic mass is 10.1. The number of carbonyl (C=O) groups excluding carboxylic acids is 1. The molecule has 0 bridgehead atoms. The lowest BCUT2D eigenvalue weighted by Gasteiger charge is -2.09. The number of oxime groups is 1. The first-order valence-electron chi connectivity index (χ1n) is 7.12. The number of nitrogens with two attached hydrogens (primary N) is 1. The Morgan fingerprint density at radius 3 is 2.46 bits per heavy atom. The second-order valence-electron chi connectivity index (χ2n) is 4.88. The average molecular weight is 367 g/mol. The van der Waals surface area contributed by atoms with Crippen molar-refractivity contribution < 1.29 is 14.4 Å². The van der Waals surface area contributed by atoms with Crippen molar-refractivity contribution >= 4 is 35.0 Å². The maximum Gasteiger partial charge on any atom is 0.371 e. The van der Waals surface area contributed by atoms with E-state index in [0.29, 0.717) is 12.8 Å². The summed E-state index contributed by atoms with van der Waals surface area (Å²) in [6, 6.07) is 12.8. The zero-order valence-corrected chi connectivity index (χ0v) is 14.5. The van der Waals surface area contributed by atoms with Gasteiger partial charge in [-0.1, -0.05) is 58.7 Å². The third kappa shape index (κ3) is 4.63. The van der Waals surface area contributed by atoms with Gasteiger partial charge in [-0.2, -0.15) is 0 Å². The Balaban J connectivity index is 2.03. The molecule has 0 aliphatic carbocycles. The minimum Gasteiger partial charge on any atom is -0.494 e. The number of nitrogens with zero attached hydrogens (tertiary/aromatic N) is 1. The minimum atomic E-state index is -0.790. The van der Waals surface area contributed by atoms with Crippen LogP contribution in [0.4, 0.5) is 0 Å². The van der Waals surface area contributed by atoms with Crippen molar-refractivity contribution in [2.75, 3.05) is 7.11 Å². The van der Waals surface area contributed by atoms with E-state index in [1.807, 2.05) is 30.3 Å². The Bertz CT molecular complexity index is 749. The Morgan fingerprint density at radius 1 is 1.12 bits per heavy atom. The zero-order valence-electron chi connectivity index (χ0n) is 13.0. The molecule has 126 valence electrons. The number of aryl methyl sites for hydroxylation is 1. The maximum absolute atomic E-state index is 12.2. The van der Waals surface area contributed by atoms with Crippen LogP contribution in [0.1, 0.15) is 22.3 Å². The number of ether oxygens (including phenoxy) is 1. The van der Waals surface area contributed by atoms with E-state index in [9.17, 15) is 4.79 Å². The predicted octanol–water partition coefficient (Wildman–Crippen LogP) is 4.06. The standard InChI is InChI=1S/C17H16Cl2N2O3/c1-23-16-13(19)9-8-12(18)15(16)17(22)24-21-14(20)10-7-11-5-3-2-4-6-11/h2-6,8-9H,7,10H2,1H3,(H2,20,21). The number of carbonyl (C=O) groups is 1. The summed E-state index contributed by atoms with van der Waals surface area (Å²) >= 11 is 12.0. The molecule has 0 aromatic heterocycles. The van der Waals surface area contributed by atoms with Crippen molar-refractivity contribution in [2.45, 2.75) is 12.8 Å². The maximum atomic E-state index is 12.2. The van der Waals surface area contributed by atoms with Gasteiger partial charge in [-0.15, -0.1) is 0 Å². The Morgan fingerprint density at radius 2 is 1.79 bits per heavy atom. The first-order valence-corrected chi connectivity index (χ1v) is 7.88. The molecule has 7 heteroatoms. The summed E-state index contributed by atoms with van der Waals surface area (Å²) in [7, 11) is 1.38. The number of halogens is 2. The van der Waals surface area contributed by atoms with Crippen molar-refractivity contribution in [3.63, 3.8) is 0 Å². The van der Waals surface area contributed by atoms with Crippen molar-refractivity contribution in [1.29, 1.82) is 0 Å². The highest BCUT2D eigenvalue weighted by Crippen LogP contribution is 2.34. The van der Waals surface area contributed by atoms with E-state index in [2.05, 4.69) is 5.16 Å². The molecule has 0 amide bonds. The van der Waals surface area contributed by atoms with Crippen LogP contribution in [0.5, 0.6) is 5.75 Å². The highest BCUT2D eigenvalue weighted by Gasteiger charge is 2.21. The number of rotatable bonds is 6. The molecule has 0 aliphatic rings. The molecule has 2 rings (SSSR count). The smallest absolute Gasteiger partial charge is 0.371 e. The van der Waals surface area contributed by atoms with Gasteiger partial charge >= 0.3 is 5.97 Å². The summed E-state index contributed by atoms with van der Waals surface area (Å²) in [5, 5.41) is 4.05. The highest BCUT2D eigenvalue weighted by atomic mass is 35.5. The lowest BCUT2D eigenvalue weighted by molar-refractivity contribution is 0.0511. The Hall–Kier alpha value is -2.24. The Kier molecular flexibility index (Phi) is 6.46. The van der Waals surface area contributed by atoms with Gasteiger partial charge < -0.3 is 15.3 Å². The van der Waals surface area contributed by atoms with Crippen molar-refractivity contribution in [1.82, 2.24) is 0 Å². The number of methoxy groups -OCH3 is 1. The van der Waals surface area contributed by atoms with Crippen LogP contribution < -0.4 is 10.5 Å². The van der Waals surface area contributed by atoms with E-state index in [1.54, 1.807) is 0 Å². The van der Waals surface area contributed by atoms with E-state index >= 15 is 0 Å². The van der Waals surface area contributed by atoms with Crippen molar-refractivity contribution in [3.05, 3.63) is 63.6 Å². The first-order chi connectivity index (χ1) is 11.5. The molecule has 0 fully saturated rings. The topological polar surface area (TPSA) is 73.9 Å². The normalized spacial score (nSPS) is 11.2. The molecular weight excluding hydrogens is 351 g/mol. The molecule has 2 N–H and O–H groups in total. The van der Waals surface area contributed by atoms with Crippen LogP contribution in [-0.2, 0) is 11.3 Å². The van der Waals surface area contributed by atoms with Gasteiger partial charge in [0, 0.05) is 6.42 Å². The number of hydrogen-bond donors (Lipinski definition) is 1. The number of hydrogen-bond acceptors (Lipinski definition) is 4. The quantitative estimate of drug-likeness (QED) is 0.362. The summed E-state index contributed by atoms with van der Waals surface area (Å²) in [4.78, 5) is 17.0. The average Bonchev–Trinajstić information content (AvgIpc) is 2.60. The van der Waals surface area contributed by atoms with Crippen LogP contribution in [-0.4, -0.2) is 18.9 Å². The molecule has 2 aromatic carbocycles. The van der Waals surface area contributed by atoms with Crippen molar-refractivity contribution in [3.8, 4) is 5.75 Å². The van der Waals surface area contributed by atoms with Gasteiger partial charge in [0.25, 0.3) is 0 Å². The van der Waals surface area contributed by atoms with Gasteiger partial charge in [-0.05, 0) is 24.1 Å². The number of amidine groups is 1. The van der Waals surface area contributed by atoms with Gasteiger partial charge in [0.1, 0.15) is 11.4 Å². The molecule has 24 heavy (non-hydrogen) atoms. The summed E-state index contributed by atoms with van der Waals surface area (Å²) in [5.74, 6) is -0.460. The number of benzene rings is 2. The van der Waals surface area contributed by atoms with Gasteiger partial charge in [0.15, 0.2) is 5.75 Å². The SMILES string of the molecule is COc1c(Cl)ccc(Cl)c1C(=O)O/N=C(\N)CCc1ccccc1. The zero-order chi connectivity index (χ0) is 17.5. The molecule has 0 spiro atoms. The summed E-state index contributed by atoms with van der Waals surface area (Å²) in [6.07, 6.45) is 1.15. The summed E-state index contributed by atoms with van der Waals surface area (Å²) < 4.78 is 5.09. The summed E-state index contributed by atoms with van der Waals surface area (Å²) in [5.41, 5.74) is 6.89. The fraction of sp³-hybridized carbons (Fsp3) is 0.176. The molecule has 0 unspecified atom stereocenters. The Labute approximate surface area is 149 Å². The van der Waals surface area contributed by atoms with Gasteiger partial charge in [-0.3, -0.25) is 0 Å². The van der Waals surface area contributed by atoms with Gasteiger partial charge in [0.2, 0.25) is 0 Å². The van der Waals surface area contributed by atoms with Gasteiger partial charge in [0.05, 0.1) is 17.2 Å². The fourth-order valence-electron chi connectivity index (χ4n) is 2.03. The van der Waals surface area contributed by atoms with Crippen LogP contribution in [0.25, 0.3) is 0 Å². The van der Waals surface area contributed by atoms with Gasteiger partial charge in [-0.25, -0.2) is 4.79 Å². The molecule has 0 heterocycles.